The Morgan fingerprint density at radius 1 is 0.941 bits per heavy atom. The van der Waals surface area contributed by atoms with Crippen LogP contribution in [0.5, 0.6) is 0 Å². The highest BCUT2D eigenvalue weighted by Crippen LogP contribution is 2.33. The van der Waals surface area contributed by atoms with Crippen molar-refractivity contribution < 1.29 is 0 Å². The number of thioether (sulfide) groups is 1. The molecule has 0 aliphatic heterocycles. The molecule has 4 aromatic heterocycles. The van der Waals surface area contributed by atoms with Gasteiger partial charge in [0.1, 0.15) is 5.65 Å². The van der Waals surface area contributed by atoms with Crippen molar-refractivity contribution in [3.8, 4) is 17.1 Å². The molecule has 7 nitrogen and oxygen atoms in total. The lowest BCUT2D eigenvalue weighted by atomic mass is 10.0. The Morgan fingerprint density at radius 2 is 1.76 bits per heavy atom. The molecule has 0 atom stereocenters. The first-order valence-corrected chi connectivity index (χ1v) is 12.2. The van der Waals surface area contributed by atoms with Crippen LogP contribution in [0.1, 0.15) is 30.7 Å². The monoisotopic (exact) mass is 468 g/mol. The standard InChI is InChI=1S/C26H24N6OS/c1-3-18-9-7-10-19(4-2)24(18)32-25(20-11-8-13-27-16-20)29-30-26(32)34-17-21-15-23(33)31-14-6-5-12-22(31)28-21/h5-16H,3-4,17H2,1-2H3. The van der Waals surface area contributed by atoms with Crippen LogP contribution in [0, 0.1) is 0 Å². The van der Waals surface area contributed by atoms with Crippen LogP contribution in [0.2, 0.25) is 0 Å². The summed E-state index contributed by atoms with van der Waals surface area (Å²) in [6.45, 7) is 4.32. The Morgan fingerprint density at radius 3 is 2.50 bits per heavy atom. The van der Waals surface area contributed by atoms with Crippen LogP contribution in [-0.4, -0.2) is 29.1 Å². The van der Waals surface area contributed by atoms with Crippen molar-refractivity contribution in [1.82, 2.24) is 29.1 Å². The van der Waals surface area contributed by atoms with E-state index in [1.165, 1.54) is 22.9 Å². The molecule has 0 radical (unpaired) electrons. The molecule has 1 aromatic carbocycles. The minimum absolute atomic E-state index is 0.0942. The van der Waals surface area contributed by atoms with Crippen molar-refractivity contribution in [3.63, 3.8) is 0 Å². The number of aryl methyl sites for hydroxylation is 2. The fourth-order valence-corrected chi connectivity index (χ4v) is 4.90. The van der Waals surface area contributed by atoms with Crippen LogP contribution in [0.3, 0.4) is 0 Å². The quantitative estimate of drug-likeness (QED) is 0.321. The summed E-state index contributed by atoms with van der Waals surface area (Å²) in [4.78, 5) is 21.5. The number of para-hydroxylation sites is 1. The number of nitrogens with zero attached hydrogens (tertiary/aromatic N) is 6. The molecule has 0 saturated heterocycles. The van der Waals surface area contributed by atoms with E-state index >= 15 is 0 Å². The highest BCUT2D eigenvalue weighted by atomic mass is 32.2. The Bertz CT molecular complexity index is 1490. The van der Waals surface area contributed by atoms with Gasteiger partial charge in [-0.3, -0.25) is 18.7 Å². The first-order valence-electron chi connectivity index (χ1n) is 11.3. The fourth-order valence-electron chi connectivity index (χ4n) is 4.06. The van der Waals surface area contributed by atoms with Crippen molar-refractivity contribution in [2.45, 2.75) is 37.6 Å². The first kappa shape index (κ1) is 22.0. The van der Waals surface area contributed by atoms with Gasteiger partial charge in [0, 0.05) is 36.0 Å². The molecule has 0 bridgehead atoms. The highest BCUT2D eigenvalue weighted by molar-refractivity contribution is 7.98. The zero-order chi connectivity index (χ0) is 23.5. The number of pyridine rings is 2. The van der Waals surface area contributed by atoms with Crippen LogP contribution >= 0.6 is 11.8 Å². The summed E-state index contributed by atoms with van der Waals surface area (Å²) in [5.74, 6) is 1.25. The third-order valence-electron chi connectivity index (χ3n) is 5.71. The summed E-state index contributed by atoms with van der Waals surface area (Å²) >= 11 is 1.52. The molecule has 170 valence electrons. The van der Waals surface area contributed by atoms with Gasteiger partial charge in [-0.05, 0) is 48.2 Å². The predicted octanol–water partition coefficient (Wildman–Crippen LogP) is 4.75. The molecule has 5 aromatic rings. The molecular formula is C26H24N6OS. The number of fused-ring (bicyclic) bond motifs is 1. The van der Waals surface area contributed by atoms with Gasteiger partial charge < -0.3 is 0 Å². The molecule has 0 spiro atoms. The van der Waals surface area contributed by atoms with E-state index in [9.17, 15) is 4.79 Å². The molecule has 0 aliphatic carbocycles. The van der Waals surface area contributed by atoms with E-state index in [0.717, 1.165) is 35.1 Å². The fraction of sp³-hybridized carbons (Fsp3) is 0.192. The average Bonchev–Trinajstić information content (AvgIpc) is 3.31. The zero-order valence-corrected chi connectivity index (χ0v) is 19.9. The summed E-state index contributed by atoms with van der Waals surface area (Å²) in [6, 6.07) is 17.4. The van der Waals surface area contributed by atoms with E-state index in [-0.39, 0.29) is 5.56 Å². The van der Waals surface area contributed by atoms with Crippen LogP contribution in [-0.2, 0) is 18.6 Å². The van der Waals surface area contributed by atoms with Crippen LogP contribution in [0.4, 0.5) is 0 Å². The maximum absolute atomic E-state index is 12.5. The van der Waals surface area contributed by atoms with E-state index in [0.29, 0.717) is 17.1 Å². The third kappa shape index (κ3) is 4.12. The van der Waals surface area contributed by atoms with Gasteiger partial charge >= 0.3 is 0 Å². The largest absolute Gasteiger partial charge is 0.269 e. The van der Waals surface area contributed by atoms with Crippen molar-refractivity contribution in [1.29, 1.82) is 0 Å². The number of hydrogen-bond donors (Lipinski definition) is 0. The smallest absolute Gasteiger partial charge is 0.258 e. The minimum atomic E-state index is -0.0942. The molecule has 0 fully saturated rings. The molecule has 4 heterocycles. The molecule has 0 N–H and O–H groups in total. The number of rotatable bonds is 7. The van der Waals surface area contributed by atoms with Gasteiger partial charge in [-0.2, -0.15) is 0 Å². The molecule has 8 heteroatoms. The average molecular weight is 469 g/mol. The van der Waals surface area contributed by atoms with Gasteiger partial charge in [0.2, 0.25) is 0 Å². The van der Waals surface area contributed by atoms with Crippen molar-refractivity contribution in [3.05, 3.63) is 100 Å². The molecular weight excluding hydrogens is 444 g/mol. The highest BCUT2D eigenvalue weighted by Gasteiger charge is 2.21. The zero-order valence-electron chi connectivity index (χ0n) is 19.0. The van der Waals surface area contributed by atoms with Gasteiger partial charge in [-0.1, -0.05) is 49.9 Å². The lowest BCUT2D eigenvalue weighted by Gasteiger charge is -2.18. The van der Waals surface area contributed by atoms with Crippen LogP contribution in [0.15, 0.2) is 83.1 Å². The molecule has 0 amide bonds. The van der Waals surface area contributed by atoms with Crippen LogP contribution < -0.4 is 5.56 Å². The summed E-state index contributed by atoms with van der Waals surface area (Å²) in [6.07, 6.45) is 7.07. The Balaban J connectivity index is 1.61. The Hall–Kier alpha value is -3.78. The number of hydrogen-bond acceptors (Lipinski definition) is 6. The van der Waals surface area contributed by atoms with Crippen LogP contribution in [0.25, 0.3) is 22.7 Å². The van der Waals surface area contributed by atoms with Gasteiger partial charge in [0.15, 0.2) is 11.0 Å². The Labute approximate surface area is 201 Å². The maximum atomic E-state index is 12.5. The number of benzene rings is 1. The van der Waals surface area contributed by atoms with Crippen molar-refractivity contribution in [2.24, 2.45) is 0 Å². The van der Waals surface area contributed by atoms with E-state index in [1.54, 1.807) is 29.1 Å². The second kappa shape index (κ2) is 9.61. The second-order valence-electron chi connectivity index (χ2n) is 7.82. The molecule has 34 heavy (non-hydrogen) atoms. The number of aromatic nitrogens is 6. The predicted molar refractivity (Wildman–Crippen MR) is 134 cm³/mol. The van der Waals surface area contributed by atoms with Crippen molar-refractivity contribution >= 4 is 17.4 Å². The van der Waals surface area contributed by atoms with Gasteiger partial charge in [-0.15, -0.1) is 10.2 Å². The SMILES string of the molecule is CCc1cccc(CC)c1-n1c(SCc2cc(=O)n3ccccc3n2)nnc1-c1cccnc1. The minimum Gasteiger partial charge on any atom is -0.269 e. The van der Waals surface area contributed by atoms with Crippen molar-refractivity contribution in [2.75, 3.05) is 0 Å². The molecule has 0 aliphatic rings. The normalized spacial score (nSPS) is 11.2. The van der Waals surface area contributed by atoms with Gasteiger partial charge in [0.05, 0.1) is 11.4 Å². The summed E-state index contributed by atoms with van der Waals surface area (Å²) < 4.78 is 3.68. The maximum Gasteiger partial charge on any atom is 0.258 e. The first-order chi connectivity index (χ1) is 16.7. The summed E-state index contributed by atoms with van der Waals surface area (Å²) in [5.41, 5.74) is 5.72. The summed E-state index contributed by atoms with van der Waals surface area (Å²) in [7, 11) is 0. The molecule has 0 unspecified atom stereocenters. The third-order valence-corrected chi connectivity index (χ3v) is 6.68. The summed E-state index contributed by atoms with van der Waals surface area (Å²) in [5, 5.41) is 9.87. The second-order valence-corrected chi connectivity index (χ2v) is 8.76. The topological polar surface area (TPSA) is 78.0 Å². The van der Waals surface area contributed by atoms with E-state index in [4.69, 9.17) is 0 Å². The van der Waals surface area contributed by atoms with E-state index in [1.807, 2.05) is 30.3 Å². The lowest BCUT2D eigenvalue weighted by molar-refractivity contribution is 0.856. The molecule has 5 rings (SSSR count). The van der Waals surface area contributed by atoms with Gasteiger partial charge in [0.25, 0.3) is 5.56 Å². The van der Waals surface area contributed by atoms with E-state index in [2.05, 4.69) is 56.8 Å². The van der Waals surface area contributed by atoms with E-state index < -0.39 is 0 Å². The lowest BCUT2D eigenvalue weighted by Crippen LogP contribution is -2.14. The molecule has 0 saturated carbocycles. The van der Waals surface area contributed by atoms with Gasteiger partial charge in [-0.25, -0.2) is 4.98 Å². The Kier molecular flexibility index (Phi) is 6.22.